The number of hydrogen-bond donors (Lipinski definition) is 5. The number of aliphatic hydroxyl groups excluding tert-OH is 2. The number of carbonyl (C=O) groups excluding carboxylic acids is 2. The molecule has 1 aromatic heterocycles. The molecule has 0 saturated carbocycles. The summed E-state index contributed by atoms with van der Waals surface area (Å²) in [5.41, 5.74) is 4.98. The molecule has 2 aromatic rings. The van der Waals surface area contributed by atoms with Gasteiger partial charge in [0.1, 0.15) is 0 Å². The van der Waals surface area contributed by atoms with Gasteiger partial charge in [0.2, 0.25) is 0 Å². The number of anilines is 2. The summed E-state index contributed by atoms with van der Waals surface area (Å²) >= 11 is 1.44. The Hall–Kier alpha value is -2.99. The molecule has 3 heterocycles. The van der Waals surface area contributed by atoms with Crippen LogP contribution in [0.15, 0.2) is 41.9 Å². The van der Waals surface area contributed by atoms with Crippen LogP contribution in [0.1, 0.15) is 44.0 Å². The molecular weight excluding hydrogens is 468 g/mol. The first kappa shape index (κ1) is 25.1. The van der Waals surface area contributed by atoms with Gasteiger partial charge in [-0.1, -0.05) is 18.2 Å². The number of hydrogen-bond acceptors (Lipinski definition) is 9. The lowest BCUT2D eigenvalue weighted by Crippen LogP contribution is -2.54. The van der Waals surface area contributed by atoms with Gasteiger partial charge >= 0.3 is 0 Å². The molecule has 1 fully saturated rings. The van der Waals surface area contributed by atoms with Gasteiger partial charge < -0.3 is 25.7 Å². The normalized spacial score (nSPS) is 22.2. The Bertz CT molecular complexity index is 1090. The number of benzene rings is 1. The van der Waals surface area contributed by atoms with Gasteiger partial charge in [0.25, 0.3) is 11.8 Å². The number of nitrogens with zero attached hydrogens (tertiary/aromatic N) is 3. The van der Waals surface area contributed by atoms with Crippen molar-refractivity contribution in [3.05, 3.63) is 53.2 Å². The van der Waals surface area contributed by atoms with Crippen LogP contribution in [0, 0.1) is 0 Å². The summed E-state index contributed by atoms with van der Waals surface area (Å²) in [6, 6.07) is 7.17. The minimum atomic E-state index is -1.89. The third kappa shape index (κ3) is 5.03. The number of aromatic nitrogens is 1. The van der Waals surface area contributed by atoms with Crippen molar-refractivity contribution in [2.45, 2.75) is 50.5 Å². The fraction of sp³-hybridized carbons (Fsp3) is 0.458. The van der Waals surface area contributed by atoms with Gasteiger partial charge in [-0.15, -0.1) is 11.3 Å². The third-order valence-electron chi connectivity index (χ3n) is 6.66. The van der Waals surface area contributed by atoms with Crippen LogP contribution < -0.4 is 21.1 Å². The molecule has 1 unspecified atom stereocenters. The van der Waals surface area contributed by atoms with Crippen molar-refractivity contribution in [3.63, 3.8) is 0 Å². The highest BCUT2D eigenvalue weighted by Gasteiger charge is 2.46. The Balaban J connectivity index is 1.39. The number of nitrogens with one attached hydrogen (secondary N) is 3. The van der Waals surface area contributed by atoms with Crippen LogP contribution in [0.25, 0.3) is 0 Å². The summed E-state index contributed by atoms with van der Waals surface area (Å²) in [5.74, 6) is -1.49. The van der Waals surface area contributed by atoms with Crippen LogP contribution in [0.4, 0.5) is 10.8 Å². The minimum Gasteiger partial charge on any atom is -0.380 e. The number of amides is 2. The highest BCUT2D eigenvalue weighted by molar-refractivity contribution is 7.13. The van der Waals surface area contributed by atoms with Gasteiger partial charge in [0.05, 0.1) is 23.0 Å². The average molecular weight is 501 g/mol. The van der Waals surface area contributed by atoms with Crippen molar-refractivity contribution in [2.75, 3.05) is 30.5 Å². The van der Waals surface area contributed by atoms with E-state index in [0.29, 0.717) is 13.0 Å². The number of rotatable bonds is 8. The predicted molar refractivity (Wildman–Crippen MR) is 135 cm³/mol. The molecule has 2 aliphatic rings. The first-order valence-electron chi connectivity index (χ1n) is 11.7. The lowest BCUT2D eigenvalue weighted by molar-refractivity contribution is -0.156. The largest absolute Gasteiger partial charge is 0.380 e. The second kappa shape index (κ2) is 10.3. The zero-order valence-electron chi connectivity index (χ0n) is 20.1. The van der Waals surface area contributed by atoms with Gasteiger partial charge in [-0.05, 0) is 44.4 Å². The lowest BCUT2D eigenvalue weighted by atomic mass is 9.94. The Morgan fingerprint density at radius 3 is 2.60 bits per heavy atom. The van der Waals surface area contributed by atoms with Crippen molar-refractivity contribution >= 4 is 34.0 Å². The summed E-state index contributed by atoms with van der Waals surface area (Å²) in [6.45, 7) is 4.85. The smallest absolute Gasteiger partial charge is 0.255 e. The lowest BCUT2D eigenvalue weighted by Gasteiger charge is -2.36. The number of thiazole rings is 1. The standard InChI is InChI=1S/C24H32N6O4S/c1-15(16-6-8-17(9-7-16)30-13-5-11-26-30)27-21(33)19(31)20(32)22(34)29-12-4-10-24(29,2)18-14-35-23(25-3)28-18/h5-9,13-15,19-20,26,31-32H,4,10-12H2,1-3H3,(H,25,28)(H,27,33)/t15-,19-,20-,24?/m1/s1. The highest BCUT2D eigenvalue weighted by atomic mass is 32.1. The van der Waals surface area contributed by atoms with Gasteiger partial charge in [-0.25, -0.2) is 10.4 Å². The second-order valence-corrected chi connectivity index (χ2v) is 9.84. The molecule has 35 heavy (non-hydrogen) atoms. The van der Waals surface area contributed by atoms with E-state index < -0.39 is 35.6 Å². The average Bonchev–Trinajstić information content (AvgIpc) is 3.64. The van der Waals surface area contributed by atoms with E-state index in [2.05, 4.69) is 21.0 Å². The van der Waals surface area contributed by atoms with E-state index in [1.807, 2.05) is 53.9 Å². The van der Waals surface area contributed by atoms with Crippen LogP contribution in [0.2, 0.25) is 0 Å². The molecule has 11 heteroatoms. The number of hydrazine groups is 1. The van der Waals surface area contributed by atoms with Crippen molar-refractivity contribution in [1.29, 1.82) is 0 Å². The van der Waals surface area contributed by atoms with E-state index in [1.54, 1.807) is 14.0 Å². The van der Waals surface area contributed by atoms with Crippen LogP contribution in [-0.4, -0.2) is 64.3 Å². The Morgan fingerprint density at radius 1 is 1.23 bits per heavy atom. The zero-order valence-corrected chi connectivity index (χ0v) is 20.9. The fourth-order valence-corrected chi connectivity index (χ4v) is 5.30. The van der Waals surface area contributed by atoms with Crippen molar-refractivity contribution in [2.24, 2.45) is 0 Å². The maximum atomic E-state index is 13.2. The SMILES string of the molecule is CNc1nc(C2(C)CCCN2C(=O)[C@H](O)[C@@H](O)C(=O)N[C@H](C)c2ccc(N3C=CCN3)cc2)cs1. The molecule has 188 valence electrons. The number of likely N-dealkylation sites (tertiary alicyclic amines) is 1. The Labute approximate surface area is 208 Å². The molecule has 4 rings (SSSR count). The van der Waals surface area contributed by atoms with Crippen molar-refractivity contribution < 1.29 is 19.8 Å². The van der Waals surface area contributed by atoms with E-state index in [4.69, 9.17) is 0 Å². The molecule has 0 aliphatic carbocycles. The third-order valence-corrected chi connectivity index (χ3v) is 7.52. The van der Waals surface area contributed by atoms with Crippen LogP contribution >= 0.6 is 11.3 Å². The summed E-state index contributed by atoms with van der Waals surface area (Å²) in [4.78, 5) is 31.9. The summed E-state index contributed by atoms with van der Waals surface area (Å²) in [5, 5.41) is 31.4. The van der Waals surface area contributed by atoms with Gasteiger partial charge in [-0.3, -0.25) is 14.6 Å². The molecule has 0 radical (unpaired) electrons. The monoisotopic (exact) mass is 500 g/mol. The van der Waals surface area contributed by atoms with Crippen LogP contribution in [0.3, 0.4) is 0 Å². The summed E-state index contributed by atoms with van der Waals surface area (Å²) in [6.07, 6.45) is 1.59. The van der Waals surface area contributed by atoms with Crippen LogP contribution in [0.5, 0.6) is 0 Å². The van der Waals surface area contributed by atoms with Crippen molar-refractivity contribution in [3.8, 4) is 0 Å². The molecular formula is C24H32N6O4S. The first-order chi connectivity index (χ1) is 16.7. The Morgan fingerprint density at radius 2 is 1.97 bits per heavy atom. The number of aliphatic hydroxyl groups is 2. The van der Waals surface area contributed by atoms with E-state index in [1.165, 1.54) is 16.2 Å². The molecule has 2 aliphatic heterocycles. The maximum absolute atomic E-state index is 13.2. The molecule has 5 N–H and O–H groups in total. The summed E-state index contributed by atoms with van der Waals surface area (Å²) in [7, 11) is 1.78. The van der Waals surface area contributed by atoms with Crippen LogP contribution in [-0.2, 0) is 15.1 Å². The molecule has 4 atom stereocenters. The van der Waals surface area contributed by atoms with Crippen molar-refractivity contribution in [1.82, 2.24) is 20.6 Å². The van der Waals surface area contributed by atoms with Gasteiger partial charge in [-0.2, -0.15) is 0 Å². The topological polar surface area (TPSA) is 130 Å². The molecule has 2 amide bonds. The zero-order chi connectivity index (χ0) is 25.2. The highest BCUT2D eigenvalue weighted by Crippen LogP contribution is 2.40. The fourth-order valence-electron chi connectivity index (χ4n) is 4.50. The van der Waals surface area contributed by atoms with E-state index >= 15 is 0 Å². The molecule has 1 aromatic carbocycles. The quantitative estimate of drug-likeness (QED) is 0.368. The number of carbonyl (C=O) groups is 2. The van der Waals surface area contributed by atoms with E-state index in [-0.39, 0.29) is 0 Å². The van der Waals surface area contributed by atoms with Gasteiger partial charge in [0, 0.05) is 31.7 Å². The molecule has 1 saturated heterocycles. The predicted octanol–water partition coefficient (Wildman–Crippen LogP) is 1.46. The molecule has 0 spiro atoms. The summed E-state index contributed by atoms with van der Waals surface area (Å²) < 4.78 is 0. The maximum Gasteiger partial charge on any atom is 0.255 e. The molecule has 0 bridgehead atoms. The molecule has 10 nitrogen and oxygen atoms in total. The van der Waals surface area contributed by atoms with Gasteiger partial charge in [0.15, 0.2) is 17.3 Å². The first-order valence-corrected chi connectivity index (χ1v) is 12.5. The van der Waals surface area contributed by atoms with E-state index in [9.17, 15) is 19.8 Å². The van der Waals surface area contributed by atoms with E-state index in [0.717, 1.165) is 35.0 Å². The second-order valence-electron chi connectivity index (χ2n) is 8.98. The minimum absolute atomic E-state index is 0.414. The Kier molecular flexibility index (Phi) is 7.41.